The second-order valence-corrected chi connectivity index (χ2v) is 7.11. The van der Waals surface area contributed by atoms with Crippen molar-refractivity contribution in [3.05, 3.63) is 93.5 Å². The average Bonchev–Trinajstić information content (AvgIpc) is 2.73. The molecule has 1 heterocycles. The highest BCUT2D eigenvalue weighted by Gasteiger charge is 2.33. The number of carbonyl (C=O) groups is 2. The number of nitrogens with zero attached hydrogens (tertiary/aromatic N) is 1. The lowest BCUT2D eigenvalue weighted by Gasteiger charge is -2.26. The molecule has 0 bridgehead atoms. The minimum absolute atomic E-state index is 0.0189. The Hall–Kier alpha value is -3.62. The molecule has 1 atom stereocenters. The van der Waals surface area contributed by atoms with E-state index in [4.69, 9.17) is 21.6 Å². The molecule has 4 rings (SSSR count). The normalized spacial score (nSPS) is 15.2. The van der Waals surface area contributed by atoms with Crippen molar-refractivity contribution in [2.24, 2.45) is 0 Å². The Morgan fingerprint density at radius 2 is 1.76 bits per heavy atom. The molecule has 3 aromatic rings. The number of hydrogen-bond acceptors (Lipinski definition) is 5. The third kappa shape index (κ3) is 3.46. The van der Waals surface area contributed by atoms with Crippen molar-refractivity contribution in [2.75, 3.05) is 0 Å². The highest BCUT2D eigenvalue weighted by Crippen LogP contribution is 2.45. The Morgan fingerprint density at radius 3 is 2.41 bits per heavy atom. The molecule has 0 fully saturated rings. The molecule has 142 valence electrons. The zero-order chi connectivity index (χ0) is 20.5. The van der Waals surface area contributed by atoms with Gasteiger partial charge in [0.15, 0.2) is 5.78 Å². The fourth-order valence-electron chi connectivity index (χ4n) is 3.46. The number of phenolic OH excluding ortho intramolecular Hbond substituents is 1. The summed E-state index contributed by atoms with van der Waals surface area (Å²) in [6.45, 7) is 0. The number of rotatable bonds is 3. The van der Waals surface area contributed by atoms with E-state index < -0.39 is 11.9 Å². The molecule has 29 heavy (non-hydrogen) atoms. The number of hydrogen-bond donors (Lipinski definition) is 1. The van der Waals surface area contributed by atoms with E-state index >= 15 is 0 Å². The number of halogens is 1. The summed E-state index contributed by atoms with van der Waals surface area (Å²) in [5, 5.41) is 20.4. The second-order valence-electron chi connectivity index (χ2n) is 6.67. The van der Waals surface area contributed by atoms with Gasteiger partial charge >= 0.3 is 5.97 Å². The van der Waals surface area contributed by atoms with Crippen LogP contribution >= 0.6 is 11.6 Å². The lowest BCUT2D eigenvalue weighted by Crippen LogP contribution is -2.22. The predicted molar refractivity (Wildman–Crippen MR) is 106 cm³/mol. The smallest absolute Gasteiger partial charge is 0.312 e. The first kappa shape index (κ1) is 18.7. The molecule has 0 aromatic heterocycles. The largest absolute Gasteiger partial charge is 0.507 e. The fourth-order valence-corrected chi connectivity index (χ4v) is 3.59. The molecular formula is C23H14ClNO4. The van der Waals surface area contributed by atoms with Gasteiger partial charge in [-0.05, 0) is 54.1 Å². The molecule has 0 saturated carbocycles. The van der Waals surface area contributed by atoms with Crippen LogP contribution in [-0.4, -0.2) is 16.9 Å². The van der Waals surface area contributed by atoms with Crippen molar-refractivity contribution in [3.8, 4) is 17.6 Å². The van der Waals surface area contributed by atoms with E-state index in [1.165, 1.54) is 12.1 Å². The van der Waals surface area contributed by atoms with Crippen molar-refractivity contribution >= 4 is 23.4 Å². The maximum atomic E-state index is 12.9. The zero-order valence-electron chi connectivity index (χ0n) is 15.1. The van der Waals surface area contributed by atoms with Gasteiger partial charge in [0.25, 0.3) is 0 Å². The summed E-state index contributed by atoms with van der Waals surface area (Å²) in [5.74, 6) is -1.28. The van der Waals surface area contributed by atoms with E-state index in [-0.39, 0.29) is 29.3 Å². The number of benzene rings is 3. The summed E-state index contributed by atoms with van der Waals surface area (Å²) in [5.41, 5.74) is 2.11. The average molecular weight is 404 g/mol. The van der Waals surface area contributed by atoms with Gasteiger partial charge < -0.3 is 9.84 Å². The molecular weight excluding hydrogens is 390 g/mol. The van der Waals surface area contributed by atoms with Gasteiger partial charge in [-0.3, -0.25) is 9.59 Å². The Labute approximate surface area is 171 Å². The van der Waals surface area contributed by atoms with Crippen LogP contribution in [0.25, 0.3) is 0 Å². The monoisotopic (exact) mass is 403 g/mol. The van der Waals surface area contributed by atoms with Crippen molar-refractivity contribution in [1.29, 1.82) is 5.26 Å². The van der Waals surface area contributed by atoms with Gasteiger partial charge in [0.2, 0.25) is 0 Å². The molecule has 1 aliphatic rings. The number of nitriles is 1. The van der Waals surface area contributed by atoms with E-state index in [2.05, 4.69) is 0 Å². The van der Waals surface area contributed by atoms with Crippen LogP contribution in [0.5, 0.6) is 11.5 Å². The molecule has 0 radical (unpaired) electrons. The van der Waals surface area contributed by atoms with Crippen LogP contribution in [0.4, 0.5) is 0 Å². The topological polar surface area (TPSA) is 87.4 Å². The van der Waals surface area contributed by atoms with Crippen LogP contribution in [0.2, 0.25) is 5.02 Å². The molecule has 1 unspecified atom stereocenters. The number of carbonyl (C=O) groups excluding carboxylic acids is 2. The van der Waals surface area contributed by atoms with E-state index in [0.717, 1.165) is 5.56 Å². The zero-order valence-corrected chi connectivity index (χ0v) is 15.8. The molecule has 3 aromatic carbocycles. The van der Waals surface area contributed by atoms with Gasteiger partial charge in [-0.2, -0.15) is 5.26 Å². The summed E-state index contributed by atoms with van der Waals surface area (Å²) in [6.07, 6.45) is 0.0189. The van der Waals surface area contributed by atoms with E-state index in [1.807, 2.05) is 6.07 Å². The SMILES string of the molecule is N#Cc1ccc(C2CC(=O)Oc3ccc(C(=O)c4ccc(Cl)cc4)c(O)c32)cc1. The lowest BCUT2D eigenvalue weighted by molar-refractivity contribution is -0.135. The van der Waals surface area contributed by atoms with Crippen LogP contribution in [-0.2, 0) is 4.79 Å². The molecule has 1 N–H and O–H groups in total. The molecule has 5 nitrogen and oxygen atoms in total. The van der Waals surface area contributed by atoms with Crippen molar-refractivity contribution < 1.29 is 19.4 Å². The third-order valence-electron chi connectivity index (χ3n) is 4.91. The second kappa shape index (κ2) is 7.42. The van der Waals surface area contributed by atoms with Gasteiger partial charge in [-0.1, -0.05) is 23.7 Å². The maximum absolute atomic E-state index is 12.9. The van der Waals surface area contributed by atoms with Gasteiger partial charge in [0, 0.05) is 22.1 Å². The minimum Gasteiger partial charge on any atom is -0.507 e. The van der Waals surface area contributed by atoms with Gasteiger partial charge in [0.05, 0.1) is 23.6 Å². The number of esters is 1. The van der Waals surface area contributed by atoms with Gasteiger partial charge in [0.1, 0.15) is 11.5 Å². The first-order valence-electron chi connectivity index (χ1n) is 8.85. The summed E-state index contributed by atoms with van der Waals surface area (Å²) >= 11 is 5.88. The summed E-state index contributed by atoms with van der Waals surface area (Å²) in [7, 11) is 0. The highest BCUT2D eigenvalue weighted by molar-refractivity contribution is 6.30. The Bertz CT molecular complexity index is 1160. The van der Waals surface area contributed by atoms with Crippen molar-refractivity contribution in [2.45, 2.75) is 12.3 Å². The number of fused-ring (bicyclic) bond motifs is 1. The van der Waals surface area contributed by atoms with Crippen LogP contribution in [0.15, 0.2) is 60.7 Å². The van der Waals surface area contributed by atoms with Crippen LogP contribution < -0.4 is 4.74 Å². The fraction of sp³-hybridized carbons (Fsp3) is 0.0870. The highest BCUT2D eigenvalue weighted by atomic mass is 35.5. The molecule has 1 aliphatic heterocycles. The van der Waals surface area contributed by atoms with Crippen LogP contribution in [0.3, 0.4) is 0 Å². The number of aromatic hydroxyl groups is 1. The molecule has 0 aliphatic carbocycles. The van der Waals surface area contributed by atoms with E-state index in [9.17, 15) is 14.7 Å². The quantitative estimate of drug-likeness (QED) is 0.392. The van der Waals surface area contributed by atoms with E-state index in [0.29, 0.717) is 21.7 Å². The van der Waals surface area contributed by atoms with Crippen LogP contribution in [0, 0.1) is 11.3 Å². The molecule has 0 saturated heterocycles. The molecule has 0 amide bonds. The molecule has 0 spiro atoms. The van der Waals surface area contributed by atoms with E-state index in [1.54, 1.807) is 48.5 Å². The first-order chi connectivity index (χ1) is 14.0. The minimum atomic E-state index is -0.489. The number of phenols is 1. The Morgan fingerprint density at radius 1 is 1.07 bits per heavy atom. The maximum Gasteiger partial charge on any atom is 0.312 e. The predicted octanol–water partition coefficient (Wildman–Crippen LogP) is 4.59. The van der Waals surface area contributed by atoms with Crippen LogP contribution in [0.1, 0.15) is 45.0 Å². The number of ketones is 1. The lowest BCUT2D eigenvalue weighted by atomic mass is 9.83. The molecule has 6 heteroatoms. The third-order valence-corrected chi connectivity index (χ3v) is 5.17. The Balaban J connectivity index is 1.81. The first-order valence-corrected chi connectivity index (χ1v) is 9.22. The van der Waals surface area contributed by atoms with Crippen molar-refractivity contribution in [3.63, 3.8) is 0 Å². The van der Waals surface area contributed by atoms with Gasteiger partial charge in [-0.15, -0.1) is 0 Å². The summed E-state index contributed by atoms with van der Waals surface area (Å²) in [4.78, 5) is 25.0. The summed E-state index contributed by atoms with van der Waals surface area (Å²) < 4.78 is 5.29. The van der Waals surface area contributed by atoms with Crippen molar-refractivity contribution in [1.82, 2.24) is 0 Å². The van der Waals surface area contributed by atoms with Gasteiger partial charge in [-0.25, -0.2) is 0 Å². The summed E-state index contributed by atoms with van der Waals surface area (Å²) in [6, 6.07) is 18.2. The number of ether oxygens (including phenoxy) is 1. The Kier molecular flexibility index (Phi) is 4.79. The standard InChI is InChI=1S/C23H14ClNO4/c24-16-7-5-15(6-8-16)22(27)17-9-10-19-21(23(17)28)18(11-20(26)29-19)14-3-1-13(12-25)2-4-14/h1-10,18,28H,11H2.